The SMILES string of the molecule is COCCn1ncc(Cl)c1C(O)c1ccc(Cl)cc1F. The average molecular weight is 319 g/mol. The Hall–Kier alpha value is -1.14. The van der Waals surface area contributed by atoms with E-state index in [-0.39, 0.29) is 15.6 Å². The molecule has 2 aromatic rings. The summed E-state index contributed by atoms with van der Waals surface area (Å²) in [5.41, 5.74) is 0.417. The molecule has 1 aromatic heterocycles. The van der Waals surface area contributed by atoms with Gasteiger partial charge in [-0.15, -0.1) is 0 Å². The monoisotopic (exact) mass is 318 g/mol. The zero-order valence-electron chi connectivity index (χ0n) is 10.7. The van der Waals surface area contributed by atoms with Crippen LogP contribution in [0.3, 0.4) is 0 Å². The summed E-state index contributed by atoms with van der Waals surface area (Å²) in [7, 11) is 1.56. The molecule has 2 rings (SSSR count). The van der Waals surface area contributed by atoms with Crippen LogP contribution in [0.25, 0.3) is 0 Å². The lowest BCUT2D eigenvalue weighted by molar-refractivity contribution is 0.170. The number of halogens is 3. The van der Waals surface area contributed by atoms with E-state index >= 15 is 0 Å². The van der Waals surface area contributed by atoms with Crippen molar-refractivity contribution in [3.8, 4) is 0 Å². The minimum Gasteiger partial charge on any atom is -0.383 e. The predicted molar refractivity (Wildman–Crippen MR) is 74.6 cm³/mol. The maximum atomic E-state index is 13.9. The molecular formula is C13H13Cl2FN2O2. The van der Waals surface area contributed by atoms with Crippen LogP contribution in [-0.2, 0) is 11.3 Å². The van der Waals surface area contributed by atoms with Crippen molar-refractivity contribution in [2.45, 2.75) is 12.6 Å². The van der Waals surface area contributed by atoms with Gasteiger partial charge in [0.25, 0.3) is 0 Å². The summed E-state index contributed by atoms with van der Waals surface area (Å²) in [6.45, 7) is 0.811. The molecule has 0 aliphatic rings. The summed E-state index contributed by atoms with van der Waals surface area (Å²) in [5.74, 6) is -0.597. The molecule has 1 unspecified atom stereocenters. The largest absolute Gasteiger partial charge is 0.383 e. The molecule has 7 heteroatoms. The fourth-order valence-corrected chi connectivity index (χ4v) is 2.27. The summed E-state index contributed by atoms with van der Waals surface area (Å²) in [4.78, 5) is 0. The highest BCUT2D eigenvalue weighted by molar-refractivity contribution is 6.31. The quantitative estimate of drug-likeness (QED) is 0.921. The third kappa shape index (κ3) is 3.12. The highest BCUT2D eigenvalue weighted by atomic mass is 35.5. The third-order valence-electron chi connectivity index (χ3n) is 2.86. The molecule has 0 fully saturated rings. The Kier molecular flexibility index (Phi) is 4.99. The summed E-state index contributed by atoms with van der Waals surface area (Å²) in [6.07, 6.45) is 0.183. The maximum Gasteiger partial charge on any atom is 0.130 e. The molecule has 1 atom stereocenters. The van der Waals surface area contributed by atoms with Gasteiger partial charge in [0.05, 0.1) is 30.1 Å². The van der Waals surface area contributed by atoms with Gasteiger partial charge in [-0.05, 0) is 12.1 Å². The van der Waals surface area contributed by atoms with Crippen LogP contribution in [0.2, 0.25) is 10.0 Å². The molecule has 1 heterocycles. The van der Waals surface area contributed by atoms with Gasteiger partial charge in [-0.25, -0.2) is 4.39 Å². The van der Waals surface area contributed by atoms with Crippen LogP contribution in [-0.4, -0.2) is 28.6 Å². The van der Waals surface area contributed by atoms with Crippen LogP contribution in [0, 0.1) is 5.82 Å². The Morgan fingerprint density at radius 1 is 1.45 bits per heavy atom. The fraction of sp³-hybridized carbons (Fsp3) is 0.308. The number of aliphatic hydroxyl groups excluding tert-OH is 1. The minimum atomic E-state index is -1.22. The molecule has 108 valence electrons. The first-order valence-electron chi connectivity index (χ1n) is 5.87. The standard InChI is InChI=1S/C13H13Cl2FN2O2/c1-20-5-4-18-12(10(15)7-17-18)13(19)9-3-2-8(14)6-11(9)16/h2-3,6-7,13,19H,4-5H2,1H3. The first kappa shape index (κ1) is 15.3. The van der Waals surface area contributed by atoms with Crippen LogP contribution in [0.4, 0.5) is 4.39 Å². The van der Waals surface area contributed by atoms with Crippen molar-refractivity contribution in [1.29, 1.82) is 0 Å². The van der Waals surface area contributed by atoms with Crippen molar-refractivity contribution in [3.63, 3.8) is 0 Å². The molecule has 4 nitrogen and oxygen atoms in total. The molecule has 0 saturated heterocycles. The van der Waals surface area contributed by atoms with Crippen LogP contribution in [0.1, 0.15) is 17.4 Å². The van der Waals surface area contributed by atoms with Crippen molar-refractivity contribution < 1.29 is 14.2 Å². The Balaban J connectivity index is 2.37. The molecule has 0 radical (unpaired) electrons. The van der Waals surface area contributed by atoms with E-state index in [0.29, 0.717) is 18.8 Å². The number of hydrogen-bond donors (Lipinski definition) is 1. The highest BCUT2D eigenvalue weighted by Gasteiger charge is 2.22. The molecule has 0 bridgehead atoms. The lowest BCUT2D eigenvalue weighted by atomic mass is 10.1. The molecule has 0 spiro atoms. The average Bonchev–Trinajstić information content (AvgIpc) is 2.77. The molecule has 20 heavy (non-hydrogen) atoms. The van der Waals surface area contributed by atoms with Gasteiger partial charge < -0.3 is 9.84 Å². The molecular weight excluding hydrogens is 306 g/mol. The van der Waals surface area contributed by atoms with Crippen molar-refractivity contribution in [2.24, 2.45) is 0 Å². The van der Waals surface area contributed by atoms with E-state index in [4.69, 9.17) is 27.9 Å². The van der Waals surface area contributed by atoms with Gasteiger partial charge in [0, 0.05) is 17.7 Å². The van der Waals surface area contributed by atoms with Crippen molar-refractivity contribution in [3.05, 3.63) is 51.5 Å². The van der Waals surface area contributed by atoms with Crippen LogP contribution in [0.5, 0.6) is 0 Å². The van der Waals surface area contributed by atoms with E-state index < -0.39 is 11.9 Å². The van der Waals surface area contributed by atoms with E-state index in [0.717, 1.165) is 6.07 Å². The van der Waals surface area contributed by atoms with Gasteiger partial charge in [0.2, 0.25) is 0 Å². The number of hydrogen-bond acceptors (Lipinski definition) is 3. The molecule has 1 N–H and O–H groups in total. The maximum absolute atomic E-state index is 13.9. The van der Waals surface area contributed by atoms with E-state index in [9.17, 15) is 9.50 Å². The topological polar surface area (TPSA) is 47.3 Å². The van der Waals surface area contributed by atoms with Crippen molar-refractivity contribution >= 4 is 23.2 Å². The third-order valence-corrected chi connectivity index (χ3v) is 3.38. The number of aromatic nitrogens is 2. The number of methoxy groups -OCH3 is 1. The predicted octanol–water partition coefficient (Wildman–Crippen LogP) is 3.06. The summed E-state index contributed by atoms with van der Waals surface area (Å²) in [6, 6.07) is 4.07. The number of aliphatic hydroxyl groups is 1. The zero-order chi connectivity index (χ0) is 14.7. The summed E-state index contributed by atoms with van der Waals surface area (Å²) >= 11 is 11.7. The molecule has 1 aromatic carbocycles. The van der Waals surface area contributed by atoms with Crippen LogP contribution in [0.15, 0.2) is 24.4 Å². The van der Waals surface area contributed by atoms with E-state index in [1.165, 1.54) is 23.0 Å². The van der Waals surface area contributed by atoms with Crippen molar-refractivity contribution in [2.75, 3.05) is 13.7 Å². The molecule has 0 amide bonds. The molecule has 0 aliphatic heterocycles. The second-order valence-electron chi connectivity index (χ2n) is 4.16. The van der Waals surface area contributed by atoms with Crippen LogP contribution < -0.4 is 0 Å². The van der Waals surface area contributed by atoms with Crippen LogP contribution >= 0.6 is 23.2 Å². The van der Waals surface area contributed by atoms with Gasteiger partial charge >= 0.3 is 0 Å². The number of nitrogens with zero attached hydrogens (tertiary/aromatic N) is 2. The fourth-order valence-electron chi connectivity index (χ4n) is 1.87. The summed E-state index contributed by atoms with van der Waals surface area (Å²) < 4.78 is 20.3. The zero-order valence-corrected chi connectivity index (χ0v) is 12.2. The van der Waals surface area contributed by atoms with E-state index in [1.54, 1.807) is 7.11 Å². The normalized spacial score (nSPS) is 12.7. The Bertz CT molecular complexity index is 604. The lowest BCUT2D eigenvalue weighted by Crippen LogP contribution is -2.14. The van der Waals surface area contributed by atoms with Gasteiger partial charge in [-0.3, -0.25) is 4.68 Å². The second-order valence-corrected chi connectivity index (χ2v) is 5.01. The van der Waals surface area contributed by atoms with Gasteiger partial charge in [-0.1, -0.05) is 29.3 Å². The van der Waals surface area contributed by atoms with Gasteiger partial charge in [0.15, 0.2) is 0 Å². The highest BCUT2D eigenvalue weighted by Crippen LogP contribution is 2.30. The van der Waals surface area contributed by atoms with Gasteiger partial charge in [-0.2, -0.15) is 5.10 Å². The number of rotatable bonds is 5. The van der Waals surface area contributed by atoms with E-state index in [1.807, 2.05) is 0 Å². The van der Waals surface area contributed by atoms with Crippen molar-refractivity contribution in [1.82, 2.24) is 9.78 Å². The summed E-state index contributed by atoms with van der Waals surface area (Å²) in [5, 5.41) is 14.9. The first-order valence-corrected chi connectivity index (χ1v) is 6.63. The Morgan fingerprint density at radius 2 is 2.20 bits per heavy atom. The van der Waals surface area contributed by atoms with Gasteiger partial charge in [0.1, 0.15) is 11.9 Å². The Morgan fingerprint density at radius 3 is 2.85 bits per heavy atom. The Labute approximate surface area is 125 Å². The first-order chi connectivity index (χ1) is 9.54. The second kappa shape index (κ2) is 6.54. The molecule has 0 aliphatic carbocycles. The molecule has 0 saturated carbocycles. The lowest BCUT2D eigenvalue weighted by Gasteiger charge is -2.15. The minimum absolute atomic E-state index is 0.0930. The number of ether oxygens (including phenoxy) is 1. The number of benzene rings is 1. The smallest absolute Gasteiger partial charge is 0.130 e. The van der Waals surface area contributed by atoms with E-state index in [2.05, 4.69) is 5.10 Å².